The van der Waals surface area contributed by atoms with Gasteiger partial charge in [0.2, 0.25) is 5.91 Å². The summed E-state index contributed by atoms with van der Waals surface area (Å²) in [6.45, 7) is 3.20. The van der Waals surface area contributed by atoms with E-state index in [1.54, 1.807) is 0 Å². The molecule has 0 aromatic heterocycles. The molecule has 0 aliphatic heterocycles. The number of carbonyl (C=O) groups is 1. The van der Waals surface area contributed by atoms with E-state index in [1.807, 2.05) is 31.2 Å². The second-order valence-corrected chi connectivity index (χ2v) is 6.06. The lowest BCUT2D eigenvalue weighted by Crippen LogP contribution is -2.33. The minimum atomic E-state index is -0.0551. The Kier molecular flexibility index (Phi) is 12.3. The van der Waals surface area contributed by atoms with E-state index >= 15 is 0 Å². The van der Waals surface area contributed by atoms with Crippen molar-refractivity contribution in [3.63, 3.8) is 0 Å². The van der Waals surface area contributed by atoms with Crippen LogP contribution in [0, 0.1) is 0 Å². The number of halogens is 2. The van der Waals surface area contributed by atoms with Gasteiger partial charge in [-0.3, -0.25) is 4.79 Å². The molecule has 0 heterocycles. The SMILES string of the molecule is CC(CNC(=O)CCCCCCN)Oc1cccc(Br)c1.Cl. The highest BCUT2D eigenvalue weighted by Crippen LogP contribution is 2.18. The molecule has 22 heavy (non-hydrogen) atoms. The van der Waals surface area contributed by atoms with Crippen molar-refractivity contribution in [1.82, 2.24) is 5.32 Å². The molecule has 6 heteroatoms. The summed E-state index contributed by atoms with van der Waals surface area (Å²) in [4.78, 5) is 11.7. The highest BCUT2D eigenvalue weighted by molar-refractivity contribution is 9.10. The van der Waals surface area contributed by atoms with E-state index in [0.29, 0.717) is 13.0 Å². The van der Waals surface area contributed by atoms with Crippen molar-refractivity contribution in [2.24, 2.45) is 5.73 Å². The summed E-state index contributed by atoms with van der Waals surface area (Å²) < 4.78 is 6.72. The molecular formula is C16H26BrClN2O2. The van der Waals surface area contributed by atoms with Gasteiger partial charge in [-0.15, -0.1) is 12.4 Å². The van der Waals surface area contributed by atoms with Gasteiger partial charge in [-0.1, -0.05) is 34.8 Å². The Morgan fingerprint density at radius 2 is 2.05 bits per heavy atom. The molecular weight excluding hydrogens is 368 g/mol. The molecule has 0 saturated carbocycles. The summed E-state index contributed by atoms with van der Waals surface area (Å²) in [5.74, 6) is 0.889. The molecule has 4 nitrogen and oxygen atoms in total. The largest absolute Gasteiger partial charge is 0.489 e. The number of amides is 1. The summed E-state index contributed by atoms with van der Waals surface area (Å²) in [6.07, 6.45) is 4.65. The summed E-state index contributed by atoms with van der Waals surface area (Å²) in [5.41, 5.74) is 5.43. The van der Waals surface area contributed by atoms with Crippen LogP contribution >= 0.6 is 28.3 Å². The average Bonchev–Trinajstić information content (AvgIpc) is 2.45. The Labute approximate surface area is 147 Å². The van der Waals surface area contributed by atoms with Crippen molar-refractivity contribution in [1.29, 1.82) is 0 Å². The highest BCUT2D eigenvalue weighted by atomic mass is 79.9. The standard InChI is InChI=1S/C16H25BrN2O2.ClH/c1-13(21-15-8-6-7-14(17)11-15)12-19-16(20)9-4-2-3-5-10-18;/h6-8,11,13H,2-5,9-10,12,18H2,1H3,(H,19,20);1H. The quantitative estimate of drug-likeness (QED) is 0.596. The molecule has 0 saturated heterocycles. The normalized spacial score (nSPS) is 11.4. The van der Waals surface area contributed by atoms with Crippen LogP contribution in [0.15, 0.2) is 28.7 Å². The van der Waals surface area contributed by atoms with Gasteiger partial charge in [0.25, 0.3) is 0 Å². The second-order valence-electron chi connectivity index (χ2n) is 5.14. The van der Waals surface area contributed by atoms with Crippen LogP contribution in [0.25, 0.3) is 0 Å². The smallest absolute Gasteiger partial charge is 0.220 e. The van der Waals surface area contributed by atoms with Gasteiger partial charge in [-0.05, 0) is 44.5 Å². The lowest BCUT2D eigenvalue weighted by molar-refractivity contribution is -0.121. The molecule has 0 bridgehead atoms. The number of hydrogen-bond donors (Lipinski definition) is 2. The molecule has 126 valence electrons. The van der Waals surface area contributed by atoms with E-state index in [9.17, 15) is 4.79 Å². The van der Waals surface area contributed by atoms with Crippen LogP contribution in [-0.4, -0.2) is 25.1 Å². The third-order valence-corrected chi connectivity index (χ3v) is 3.57. The number of rotatable bonds is 10. The Bertz CT molecular complexity index is 432. The molecule has 0 aliphatic rings. The van der Waals surface area contributed by atoms with E-state index in [1.165, 1.54) is 0 Å². The summed E-state index contributed by atoms with van der Waals surface area (Å²) in [6, 6.07) is 7.69. The molecule has 1 atom stereocenters. The molecule has 1 amide bonds. The van der Waals surface area contributed by atoms with Gasteiger partial charge in [0.1, 0.15) is 11.9 Å². The first-order valence-electron chi connectivity index (χ1n) is 7.51. The molecule has 1 aromatic rings. The lowest BCUT2D eigenvalue weighted by atomic mass is 10.1. The first-order valence-corrected chi connectivity index (χ1v) is 8.30. The fraction of sp³-hybridized carbons (Fsp3) is 0.562. The van der Waals surface area contributed by atoms with Crippen LogP contribution < -0.4 is 15.8 Å². The minimum absolute atomic E-state index is 0. The molecule has 3 N–H and O–H groups in total. The summed E-state index contributed by atoms with van der Waals surface area (Å²) in [5, 5.41) is 2.91. The Hall–Kier alpha value is -0.780. The van der Waals surface area contributed by atoms with Crippen molar-refractivity contribution in [3.8, 4) is 5.75 Å². The number of nitrogens with two attached hydrogens (primary N) is 1. The lowest BCUT2D eigenvalue weighted by Gasteiger charge is -2.15. The number of unbranched alkanes of at least 4 members (excludes halogenated alkanes) is 3. The predicted octanol–water partition coefficient (Wildman–Crippen LogP) is 3.66. The van der Waals surface area contributed by atoms with Gasteiger partial charge in [-0.25, -0.2) is 0 Å². The van der Waals surface area contributed by atoms with Gasteiger partial charge in [0.15, 0.2) is 0 Å². The predicted molar refractivity (Wildman–Crippen MR) is 96.6 cm³/mol. The van der Waals surface area contributed by atoms with Crippen LogP contribution in [-0.2, 0) is 4.79 Å². The summed E-state index contributed by atoms with van der Waals surface area (Å²) in [7, 11) is 0. The topological polar surface area (TPSA) is 64.4 Å². The van der Waals surface area contributed by atoms with E-state index in [2.05, 4.69) is 21.2 Å². The molecule has 1 aromatic carbocycles. The zero-order valence-corrected chi connectivity index (χ0v) is 15.4. The Morgan fingerprint density at radius 3 is 2.73 bits per heavy atom. The number of carbonyl (C=O) groups excluding carboxylic acids is 1. The fourth-order valence-corrected chi connectivity index (χ4v) is 2.32. The monoisotopic (exact) mass is 392 g/mol. The maximum atomic E-state index is 11.7. The van der Waals surface area contributed by atoms with Gasteiger partial charge >= 0.3 is 0 Å². The van der Waals surface area contributed by atoms with Crippen molar-refractivity contribution < 1.29 is 9.53 Å². The molecule has 0 fully saturated rings. The van der Waals surface area contributed by atoms with Crippen molar-refractivity contribution >= 4 is 34.2 Å². The van der Waals surface area contributed by atoms with Crippen molar-refractivity contribution in [2.75, 3.05) is 13.1 Å². The van der Waals surface area contributed by atoms with Crippen LogP contribution in [0.2, 0.25) is 0 Å². The maximum Gasteiger partial charge on any atom is 0.220 e. The van der Waals surface area contributed by atoms with Crippen LogP contribution in [0.1, 0.15) is 39.0 Å². The van der Waals surface area contributed by atoms with Gasteiger partial charge in [0, 0.05) is 10.9 Å². The Balaban J connectivity index is 0.00000441. The maximum absolute atomic E-state index is 11.7. The van der Waals surface area contributed by atoms with Crippen LogP contribution in [0.4, 0.5) is 0 Å². The first kappa shape index (κ1) is 21.2. The summed E-state index contributed by atoms with van der Waals surface area (Å²) >= 11 is 3.40. The van der Waals surface area contributed by atoms with Crippen molar-refractivity contribution in [2.45, 2.75) is 45.1 Å². The third kappa shape index (κ3) is 10.0. The van der Waals surface area contributed by atoms with Gasteiger partial charge in [-0.2, -0.15) is 0 Å². The number of nitrogens with one attached hydrogen (secondary N) is 1. The minimum Gasteiger partial charge on any atom is -0.489 e. The third-order valence-electron chi connectivity index (χ3n) is 3.08. The molecule has 1 unspecified atom stereocenters. The van der Waals surface area contributed by atoms with E-state index in [4.69, 9.17) is 10.5 Å². The molecule has 0 spiro atoms. The van der Waals surface area contributed by atoms with Crippen molar-refractivity contribution in [3.05, 3.63) is 28.7 Å². The van der Waals surface area contributed by atoms with Gasteiger partial charge < -0.3 is 15.8 Å². The second kappa shape index (κ2) is 12.7. The van der Waals surface area contributed by atoms with E-state index in [0.717, 1.165) is 42.5 Å². The first-order chi connectivity index (χ1) is 10.1. The molecule has 0 radical (unpaired) electrons. The molecule has 1 rings (SSSR count). The zero-order valence-electron chi connectivity index (χ0n) is 13.0. The number of hydrogen-bond acceptors (Lipinski definition) is 3. The zero-order chi connectivity index (χ0) is 15.5. The van der Waals surface area contributed by atoms with Crippen LogP contribution in [0.5, 0.6) is 5.75 Å². The number of benzene rings is 1. The Morgan fingerprint density at radius 1 is 1.32 bits per heavy atom. The van der Waals surface area contributed by atoms with E-state index < -0.39 is 0 Å². The van der Waals surface area contributed by atoms with E-state index in [-0.39, 0.29) is 24.4 Å². The molecule has 0 aliphatic carbocycles. The average molecular weight is 394 g/mol. The van der Waals surface area contributed by atoms with Crippen LogP contribution in [0.3, 0.4) is 0 Å². The fourth-order valence-electron chi connectivity index (χ4n) is 1.94. The van der Waals surface area contributed by atoms with Gasteiger partial charge in [0.05, 0.1) is 6.54 Å². The number of ether oxygens (including phenoxy) is 1. The highest BCUT2D eigenvalue weighted by Gasteiger charge is 2.07.